The SMILES string of the molecule is COCCN(C)c1ccc(Br)cc1CNC1CC1. The van der Waals surface area contributed by atoms with Crippen LogP contribution in [0.1, 0.15) is 18.4 Å². The van der Waals surface area contributed by atoms with E-state index in [4.69, 9.17) is 4.74 Å². The molecule has 0 bridgehead atoms. The molecule has 18 heavy (non-hydrogen) atoms. The molecule has 1 N–H and O–H groups in total. The summed E-state index contributed by atoms with van der Waals surface area (Å²) in [5, 5.41) is 3.57. The Morgan fingerprint density at radius 1 is 1.44 bits per heavy atom. The first-order valence-corrected chi connectivity index (χ1v) is 7.22. The predicted molar refractivity (Wildman–Crippen MR) is 79.1 cm³/mol. The van der Waals surface area contributed by atoms with E-state index in [1.54, 1.807) is 7.11 Å². The van der Waals surface area contributed by atoms with Crippen molar-refractivity contribution in [1.82, 2.24) is 5.32 Å². The average Bonchev–Trinajstić information content (AvgIpc) is 3.17. The number of ether oxygens (including phenoxy) is 1. The fourth-order valence-electron chi connectivity index (χ4n) is 1.96. The maximum Gasteiger partial charge on any atom is 0.0637 e. The second-order valence-electron chi connectivity index (χ2n) is 4.84. The molecule has 1 aromatic carbocycles. The largest absolute Gasteiger partial charge is 0.383 e. The topological polar surface area (TPSA) is 24.5 Å². The maximum atomic E-state index is 5.14. The van der Waals surface area contributed by atoms with Gasteiger partial charge in [0.2, 0.25) is 0 Å². The number of methoxy groups -OCH3 is 1. The number of hydrogen-bond donors (Lipinski definition) is 1. The smallest absolute Gasteiger partial charge is 0.0637 e. The van der Waals surface area contributed by atoms with Crippen molar-refractivity contribution in [2.45, 2.75) is 25.4 Å². The molecular formula is C14H21BrN2O. The van der Waals surface area contributed by atoms with Crippen molar-refractivity contribution in [3.05, 3.63) is 28.2 Å². The van der Waals surface area contributed by atoms with Crippen molar-refractivity contribution >= 4 is 21.6 Å². The highest BCUT2D eigenvalue weighted by atomic mass is 79.9. The molecular weight excluding hydrogens is 292 g/mol. The summed E-state index contributed by atoms with van der Waals surface area (Å²) in [6, 6.07) is 7.21. The number of likely N-dealkylation sites (N-methyl/N-ethyl adjacent to an activating group) is 1. The Bertz CT molecular complexity index is 393. The van der Waals surface area contributed by atoms with Crippen LogP contribution < -0.4 is 10.2 Å². The third-order valence-corrected chi connectivity index (χ3v) is 3.74. The van der Waals surface area contributed by atoms with Gasteiger partial charge in [-0.05, 0) is 36.6 Å². The maximum absolute atomic E-state index is 5.14. The van der Waals surface area contributed by atoms with Crippen LogP contribution in [0.5, 0.6) is 0 Å². The van der Waals surface area contributed by atoms with Crippen molar-refractivity contribution in [2.75, 3.05) is 32.2 Å². The Labute approximate surface area is 118 Å². The molecule has 4 heteroatoms. The fourth-order valence-corrected chi connectivity index (χ4v) is 2.37. The first-order chi connectivity index (χ1) is 8.70. The molecule has 0 radical (unpaired) electrons. The summed E-state index contributed by atoms with van der Waals surface area (Å²) in [6.45, 7) is 2.60. The van der Waals surface area contributed by atoms with Crippen LogP contribution in [0, 0.1) is 0 Å². The van der Waals surface area contributed by atoms with E-state index in [1.807, 2.05) is 0 Å². The third-order valence-electron chi connectivity index (χ3n) is 3.24. The lowest BCUT2D eigenvalue weighted by Gasteiger charge is -2.22. The number of hydrogen-bond acceptors (Lipinski definition) is 3. The molecule has 1 aliphatic carbocycles. The summed E-state index contributed by atoms with van der Waals surface area (Å²) in [4.78, 5) is 2.25. The molecule has 0 saturated heterocycles. The van der Waals surface area contributed by atoms with Crippen molar-refractivity contribution < 1.29 is 4.74 Å². The van der Waals surface area contributed by atoms with E-state index < -0.39 is 0 Å². The summed E-state index contributed by atoms with van der Waals surface area (Å²) < 4.78 is 6.28. The zero-order chi connectivity index (χ0) is 13.0. The van der Waals surface area contributed by atoms with Crippen LogP contribution in [0.4, 0.5) is 5.69 Å². The van der Waals surface area contributed by atoms with Crippen LogP contribution in [-0.2, 0) is 11.3 Å². The van der Waals surface area contributed by atoms with E-state index in [0.717, 1.165) is 30.2 Å². The fraction of sp³-hybridized carbons (Fsp3) is 0.571. The third kappa shape index (κ3) is 3.97. The van der Waals surface area contributed by atoms with Crippen molar-refractivity contribution in [2.24, 2.45) is 0 Å². The van der Waals surface area contributed by atoms with Gasteiger partial charge < -0.3 is 15.0 Å². The van der Waals surface area contributed by atoms with Gasteiger partial charge >= 0.3 is 0 Å². The van der Waals surface area contributed by atoms with E-state index in [-0.39, 0.29) is 0 Å². The van der Waals surface area contributed by atoms with Crippen LogP contribution in [0.15, 0.2) is 22.7 Å². The number of halogens is 1. The van der Waals surface area contributed by atoms with Gasteiger partial charge in [0.25, 0.3) is 0 Å². The van der Waals surface area contributed by atoms with Gasteiger partial charge in [-0.2, -0.15) is 0 Å². The molecule has 0 aliphatic heterocycles. The number of nitrogens with zero attached hydrogens (tertiary/aromatic N) is 1. The van der Waals surface area contributed by atoms with Crippen molar-refractivity contribution in [3.63, 3.8) is 0 Å². The molecule has 100 valence electrons. The van der Waals surface area contributed by atoms with Gasteiger partial charge in [0.05, 0.1) is 6.61 Å². The normalized spacial score (nSPS) is 14.8. The molecule has 1 saturated carbocycles. The van der Waals surface area contributed by atoms with Gasteiger partial charge in [-0.25, -0.2) is 0 Å². The molecule has 0 heterocycles. The standard InChI is InChI=1S/C14H21BrN2O/c1-17(7-8-18-2)14-6-3-12(15)9-11(14)10-16-13-4-5-13/h3,6,9,13,16H,4-5,7-8,10H2,1-2H3. The molecule has 0 atom stereocenters. The van der Waals surface area contributed by atoms with E-state index in [1.165, 1.54) is 24.1 Å². The van der Waals surface area contributed by atoms with Gasteiger partial charge in [0.15, 0.2) is 0 Å². The van der Waals surface area contributed by atoms with E-state index in [0.29, 0.717) is 0 Å². The molecule has 1 aliphatic rings. The van der Waals surface area contributed by atoms with Gasteiger partial charge in [-0.15, -0.1) is 0 Å². The molecule has 0 spiro atoms. The first kappa shape index (κ1) is 13.8. The number of anilines is 1. The van der Waals surface area contributed by atoms with Crippen LogP contribution in [-0.4, -0.2) is 33.4 Å². The van der Waals surface area contributed by atoms with E-state index in [2.05, 4.69) is 51.4 Å². The highest BCUT2D eigenvalue weighted by molar-refractivity contribution is 9.10. The molecule has 0 unspecified atom stereocenters. The quantitative estimate of drug-likeness (QED) is 0.838. The predicted octanol–water partition coefficient (Wildman–Crippen LogP) is 2.78. The minimum atomic E-state index is 0.737. The monoisotopic (exact) mass is 312 g/mol. The lowest BCUT2D eigenvalue weighted by molar-refractivity contribution is 0.206. The van der Waals surface area contributed by atoms with Gasteiger partial charge in [0.1, 0.15) is 0 Å². The summed E-state index contributed by atoms with van der Waals surface area (Å²) in [5.41, 5.74) is 2.62. The highest BCUT2D eigenvalue weighted by Gasteiger charge is 2.20. The van der Waals surface area contributed by atoms with Crippen LogP contribution in [0.3, 0.4) is 0 Å². The van der Waals surface area contributed by atoms with E-state index >= 15 is 0 Å². The minimum absolute atomic E-state index is 0.737. The van der Waals surface area contributed by atoms with Crippen molar-refractivity contribution in [3.8, 4) is 0 Å². The molecule has 0 aromatic heterocycles. The Balaban J connectivity index is 2.05. The van der Waals surface area contributed by atoms with E-state index in [9.17, 15) is 0 Å². The number of benzene rings is 1. The number of rotatable bonds is 7. The Hall–Kier alpha value is -0.580. The van der Waals surface area contributed by atoms with Gasteiger partial charge in [0, 0.05) is 43.4 Å². The van der Waals surface area contributed by atoms with Gasteiger partial charge in [-0.1, -0.05) is 15.9 Å². The van der Waals surface area contributed by atoms with Crippen LogP contribution in [0.25, 0.3) is 0 Å². The molecule has 2 rings (SSSR count). The second-order valence-corrected chi connectivity index (χ2v) is 5.76. The molecule has 0 amide bonds. The Kier molecular flexibility index (Phi) is 5.03. The van der Waals surface area contributed by atoms with Crippen LogP contribution in [0.2, 0.25) is 0 Å². The zero-order valence-corrected chi connectivity index (χ0v) is 12.7. The lowest BCUT2D eigenvalue weighted by Crippen LogP contribution is -2.25. The molecule has 3 nitrogen and oxygen atoms in total. The Morgan fingerprint density at radius 2 is 2.22 bits per heavy atom. The number of nitrogens with one attached hydrogen (secondary N) is 1. The zero-order valence-electron chi connectivity index (χ0n) is 11.1. The summed E-state index contributed by atoms with van der Waals surface area (Å²) in [5.74, 6) is 0. The van der Waals surface area contributed by atoms with Crippen molar-refractivity contribution in [1.29, 1.82) is 0 Å². The summed E-state index contributed by atoms with van der Waals surface area (Å²) in [7, 11) is 3.86. The molecule has 1 fully saturated rings. The average molecular weight is 313 g/mol. The first-order valence-electron chi connectivity index (χ1n) is 6.42. The van der Waals surface area contributed by atoms with Gasteiger partial charge in [-0.3, -0.25) is 0 Å². The minimum Gasteiger partial charge on any atom is -0.383 e. The Morgan fingerprint density at radius 3 is 2.89 bits per heavy atom. The summed E-state index contributed by atoms with van der Waals surface area (Å²) >= 11 is 3.55. The summed E-state index contributed by atoms with van der Waals surface area (Å²) in [6.07, 6.45) is 2.64. The second kappa shape index (κ2) is 6.55. The van der Waals surface area contributed by atoms with Crippen LogP contribution >= 0.6 is 15.9 Å². The lowest BCUT2D eigenvalue weighted by atomic mass is 10.1. The molecule has 1 aromatic rings. The highest BCUT2D eigenvalue weighted by Crippen LogP contribution is 2.26.